The number of nitrogens with zero attached hydrogens (tertiary/aromatic N) is 1. The number of esters is 1. The van der Waals surface area contributed by atoms with Gasteiger partial charge in [-0.15, -0.1) is 0 Å². The number of carbonyl (C=O) groups excluding carboxylic acids is 1. The van der Waals surface area contributed by atoms with E-state index in [0.717, 1.165) is 17.7 Å². The Balaban J connectivity index is 2.25. The maximum absolute atomic E-state index is 12.8. The molecule has 1 aromatic carbocycles. The number of hydrogen-bond acceptors (Lipinski definition) is 3. The van der Waals surface area contributed by atoms with Crippen LogP contribution in [0.5, 0.6) is 5.75 Å². The highest BCUT2D eigenvalue weighted by Crippen LogP contribution is 2.18. The van der Waals surface area contributed by atoms with Crippen molar-refractivity contribution < 1.29 is 18.3 Å². The van der Waals surface area contributed by atoms with Crippen LogP contribution in [0.25, 0.3) is 0 Å². The molecule has 0 bridgehead atoms. The molecule has 0 aliphatic rings. The second-order valence-electron chi connectivity index (χ2n) is 3.66. The lowest BCUT2D eigenvalue weighted by molar-refractivity contribution is 0.0732. The molecule has 0 fully saturated rings. The van der Waals surface area contributed by atoms with Crippen molar-refractivity contribution in [2.24, 2.45) is 0 Å². The summed E-state index contributed by atoms with van der Waals surface area (Å²) in [6.45, 7) is 1.76. The number of carbonyl (C=O) groups is 1. The minimum absolute atomic E-state index is 0.219. The van der Waals surface area contributed by atoms with E-state index in [2.05, 4.69) is 4.98 Å². The van der Waals surface area contributed by atoms with Crippen molar-refractivity contribution in [2.75, 3.05) is 0 Å². The van der Waals surface area contributed by atoms with Gasteiger partial charge in [-0.25, -0.2) is 4.79 Å². The molecule has 0 N–H and O–H groups in total. The Morgan fingerprint density at radius 2 is 1.78 bits per heavy atom. The van der Waals surface area contributed by atoms with Crippen LogP contribution in [-0.4, -0.2) is 11.0 Å². The van der Waals surface area contributed by atoms with E-state index in [1.165, 1.54) is 0 Å². The van der Waals surface area contributed by atoms with Gasteiger partial charge in [-0.1, -0.05) is 18.2 Å². The molecule has 0 amide bonds. The molecule has 0 spiro atoms. The van der Waals surface area contributed by atoms with Crippen LogP contribution in [0.1, 0.15) is 15.9 Å². The number of aryl methyl sites for hydroxylation is 1. The SMILES string of the molecule is Cc1ccccc1OC(=O)c1cc(F)nc(F)c1. The highest BCUT2D eigenvalue weighted by atomic mass is 19.1. The Kier molecular flexibility index (Phi) is 3.32. The molecule has 0 radical (unpaired) electrons. The van der Waals surface area contributed by atoms with Crippen LogP contribution in [0.2, 0.25) is 0 Å². The fourth-order valence-electron chi connectivity index (χ4n) is 1.41. The summed E-state index contributed by atoms with van der Waals surface area (Å²) in [5.41, 5.74) is 0.532. The standard InChI is InChI=1S/C13H9F2NO2/c1-8-4-2-3-5-10(8)18-13(17)9-6-11(14)16-12(15)7-9/h2-7H,1H3. The molecule has 0 unspecified atom stereocenters. The first-order chi connectivity index (χ1) is 8.56. The van der Waals surface area contributed by atoms with Gasteiger partial charge in [-0.3, -0.25) is 0 Å². The third-order valence-electron chi connectivity index (χ3n) is 2.29. The number of hydrogen-bond donors (Lipinski definition) is 0. The lowest BCUT2D eigenvalue weighted by Crippen LogP contribution is -2.10. The Morgan fingerprint density at radius 1 is 1.17 bits per heavy atom. The second kappa shape index (κ2) is 4.91. The molecular formula is C13H9F2NO2. The van der Waals surface area contributed by atoms with Crippen LogP contribution in [0.4, 0.5) is 8.78 Å². The number of aromatic nitrogens is 1. The first-order valence-electron chi connectivity index (χ1n) is 5.17. The lowest BCUT2D eigenvalue weighted by atomic mass is 10.2. The summed E-state index contributed by atoms with van der Waals surface area (Å²) in [4.78, 5) is 14.6. The summed E-state index contributed by atoms with van der Waals surface area (Å²) in [5, 5.41) is 0. The van der Waals surface area contributed by atoms with Crippen molar-refractivity contribution in [3.63, 3.8) is 0 Å². The van der Waals surface area contributed by atoms with Crippen molar-refractivity contribution in [1.82, 2.24) is 4.98 Å². The maximum atomic E-state index is 12.8. The molecule has 1 heterocycles. The van der Waals surface area contributed by atoms with Gasteiger partial charge in [0.1, 0.15) is 5.75 Å². The first kappa shape index (κ1) is 12.2. The fourth-order valence-corrected chi connectivity index (χ4v) is 1.41. The molecule has 0 saturated carbocycles. The molecular weight excluding hydrogens is 240 g/mol. The summed E-state index contributed by atoms with van der Waals surface area (Å²) < 4.78 is 30.7. The second-order valence-corrected chi connectivity index (χ2v) is 3.66. The van der Waals surface area contributed by atoms with Crippen molar-refractivity contribution in [3.05, 3.63) is 59.4 Å². The Bertz CT molecular complexity index is 579. The van der Waals surface area contributed by atoms with E-state index in [1.807, 2.05) is 0 Å². The molecule has 2 aromatic rings. The quantitative estimate of drug-likeness (QED) is 0.466. The van der Waals surface area contributed by atoms with Crippen LogP contribution in [0.15, 0.2) is 36.4 Å². The summed E-state index contributed by atoms with van der Waals surface area (Å²) in [5.74, 6) is -2.61. The van der Waals surface area contributed by atoms with E-state index in [1.54, 1.807) is 31.2 Å². The summed E-state index contributed by atoms with van der Waals surface area (Å²) in [6.07, 6.45) is 0. The Hall–Kier alpha value is -2.30. The molecule has 3 nitrogen and oxygen atoms in total. The van der Waals surface area contributed by atoms with E-state index in [-0.39, 0.29) is 5.56 Å². The predicted molar refractivity (Wildman–Crippen MR) is 60.3 cm³/mol. The molecule has 0 aliphatic heterocycles. The Labute approximate surface area is 102 Å². The monoisotopic (exact) mass is 249 g/mol. The summed E-state index contributed by atoms with van der Waals surface area (Å²) >= 11 is 0. The minimum atomic E-state index is -1.06. The van der Waals surface area contributed by atoms with Crippen molar-refractivity contribution >= 4 is 5.97 Å². The molecule has 0 saturated heterocycles. The van der Waals surface area contributed by atoms with Gasteiger partial charge >= 0.3 is 5.97 Å². The van der Waals surface area contributed by atoms with E-state index >= 15 is 0 Å². The average Bonchev–Trinajstić information content (AvgIpc) is 2.31. The van der Waals surface area contributed by atoms with Crippen molar-refractivity contribution in [3.8, 4) is 5.75 Å². The van der Waals surface area contributed by atoms with Crippen LogP contribution in [0.3, 0.4) is 0 Å². The first-order valence-corrected chi connectivity index (χ1v) is 5.17. The molecule has 0 atom stereocenters. The van der Waals surface area contributed by atoms with Gasteiger partial charge in [0.2, 0.25) is 11.9 Å². The van der Waals surface area contributed by atoms with Crippen LogP contribution >= 0.6 is 0 Å². The number of halogens is 2. The zero-order valence-corrected chi connectivity index (χ0v) is 9.48. The van der Waals surface area contributed by atoms with Crippen LogP contribution in [0, 0.1) is 18.8 Å². The molecule has 18 heavy (non-hydrogen) atoms. The van der Waals surface area contributed by atoms with Gasteiger partial charge in [-0.2, -0.15) is 13.8 Å². The highest BCUT2D eigenvalue weighted by Gasteiger charge is 2.13. The molecule has 92 valence electrons. The third-order valence-corrected chi connectivity index (χ3v) is 2.29. The normalized spacial score (nSPS) is 10.2. The topological polar surface area (TPSA) is 39.2 Å². The van der Waals surface area contributed by atoms with Crippen LogP contribution < -0.4 is 4.74 Å². The smallest absolute Gasteiger partial charge is 0.343 e. The van der Waals surface area contributed by atoms with E-state index < -0.39 is 17.9 Å². The van der Waals surface area contributed by atoms with E-state index in [9.17, 15) is 13.6 Å². The van der Waals surface area contributed by atoms with Gasteiger partial charge in [0, 0.05) is 12.1 Å². The number of rotatable bonds is 2. The average molecular weight is 249 g/mol. The zero-order chi connectivity index (χ0) is 13.1. The van der Waals surface area contributed by atoms with Gasteiger partial charge in [0.15, 0.2) is 0 Å². The van der Waals surface area contributed by atoms with Crippen molar-refractivity contribution in [1.29, 1.82) is 0 Å². The minimum Gasteiger partial charge on any atom is -0.423 e. The highest BCUT2D eigenvalue weighted by molar-refractivity contribution is 5.91. The van der Waals surface area contributed by atoms with Crippen LogP contribution in [-0.2, 0) is 0 Å². The molecule has 1 aromatic heterocycles. The fraction of sp³-hybridized carbons (Fsp3) is 0.0769. The lowest BCUT2D eigenvalue weighted by Gasteiger charge is -2.06. The number of para-hydroxylation sites is 1. The maximum Gasteiger partial charge on any atom is 0.343 e. The predicted octanol–water partition coefficient (Wildman–Crippen LogP) is 2.89. The van der Waals surface area contributed by atoms with Crippen molar-refractivity contribution in [2.45, 2.75) is 6.92 Å². The van der Waals surface area contributed by atoms with E-state index in [0.29, 0.717) is 5.75 Å². The van der Waals surface area contributed by atoms with Gasteiger partial charge in [0.25, 0.3) is 0 Å². The van der Waals surface area contributed by atoms with Gasteiger partial charge in [0.05, 0.1) is 5.56 Å². The molecule has 0 aliphatic carbocycles. The summed E-state index contributed by atoms with van der Waals surface area (Å²) in [6, 6.07) is 8.49. The zero-order valence-electron chi connectivity index (χ0n) is 9.48. The van der Waals surface area contributed by atoms with Gasteiger partial charge in [-0.05, 0) is 18.6 Å². The number of benzene rings is 1. The summed E-state index contributed by atoms with van der Waals surface area (Å²) in [7, 11) is 0. The molecule has 2 rings (SSSR count). The third kappa shape index (κ3) is 2.68. The Morgan fingerprint density at radius 3 is 2.39 bits per heavy atom. The number of pyridine rings is 1. The van der Waals surface area contributed by atoms with E-state index in [4.69, 9.17) is 4.74 Å². The molecule has 5 heteroatoms. The number of ether oxygens (including phenoxy) is 1. The largest absolute Gasteiger partial charge is 0.423 e. The van der Waals surface area contributed by atoms with Gasteiger partial charge < -0.3 is 4.74 Å².